The highest BCUT2D eigenvalue weighted by atomic mass is 16.3. The van der Waals surface area contributed by atoms with Crippen molar-refractivity contribution in [3.63, 3.8) is 0 Å². The average molecular weight is 634 g/mol. The van der Waals surface area contributed by atoms with Gasteiger partial charge in [0, 0.05) is 38.4 Å². The predicted octanol–water partition coefficient (Wildman–Crippen LogP) is 3.87. The lowest BCUT2D eigenvalue weighted by molar-refractivity contribution is -0.142. The Hall–Kier alpha value is -2.46. The summed E-state index contributed by atoms with van der Waals surface area (Å²) in [5, 5.41) is 15.1. The molecule has 0 spiro atoms. The third-order valence-corrected chi connectivity index (χ3v) is 9.35. The van der Waals surface area contributed by atoms with Crippen LogP contribution in [0, 0.1) is 11.3 Å². The lowest BCUT2D eigenvalue weighted by Crippen LogP contribution is -2.60. The van der Waals surface area contributed by atoms with E-state index in [1.54, 1.807) is 23.8 Å². The SMILES string of the molecule is C/C(=C\C(C(C)C)N(C)C(=O)C(NC(=O)C1CCCCN1C(C)C)C(C)(C)C)C(=O)N1CCCC1C(=O)NCCCCCCO. The van der Waals surface area contributed by atoms with Crippen LogP contribution in [0.3, 0.4) is 0 Å². The van der Waals surface area contributed by atoms with Gasteiger partial charge in [-0.3, -0.25) is 24.1 Å². The molecule has 258 valence electrons. The van der Waals surface area contributed by atoms with E-state index in [1.165, 1.54) is 0 Å². The fourth-order valence-electron chi connectivity index (χ4n) is 6.60. The minimum absolute atomic E-state index is 0.0105. The first-order valence-corrected chi connectivity index (χ1v) is 17.3. The van der Waals surface area contributed by atoms with Crippen molar-refractivity contribution in [2.24, 2.45) is 11.3 Å². The lowest BCUT2D eigenvalue weighted by Gasteiger charge is -2.41. The van der Waals surface area contributed by atoms with Crippen molar-refractivity contribution in [3.05, 3.63) is 11.6 Å². The molecule has 0 saturated carbocycles. The minimum atomic E-state index is -0.730. The standard InChI is InChI=1S/C35H63N5O5/c1-24(2)29(23-26(5)33(44)40-21-16-18-27(40)31(42)36-19-13-10-11-15-22-41)38(9)34(45)30(35(6,7)8)37-32(43)28-17-12-14-20-39(28)25(3)4/h23-25,27-30,41H,10-22H2,1-9H3,(H,36,42)(H,37,43)/b26-23+. The van der Waals surface area contributed by atoms with Gasteiger partial charge < -0.3 is 25.5 Å². The molecule has 4 unspecified atom stereocenters. The molecule has 0 aromatic rings. The molecule has 4 atom stereocenters. The zero-order chi connectivity index (χ0) is 33.9. The molecule has 2 saturated heterocycles. The van der Waals surface area contributed by atoms with Gasteiger partial charge in [0.15, 0.2) is 0 Å². The third-order valence-electron chi connectivity index (χ3n) is 9.35. The molecule has 10 heteroatoms. The highest BCUT2D eigenvalue weighted by molar-refractivity contribution is 5.97. The van der Waals surface area contributed by atoms with Gasteiger partial charge in [-0.2, -0.15) is 0 Å². The van der Waals surface area contributed by atoms with Crippen molar-refractivity contribution in [2.75, 3.05) is 33.3 Å². The molecular weight excluding hydrogens is 570 g/mol. The molecule has 0 radical (unpaired) electrons. The lowest BCUT2D eigenvalue weighted by atomic mass is 9.84. The Labute approximate surface area is 272 Å². The Morgan fingerprint density at radius 2 is 1.56 bits per heavy atom. The summed E-state index contributed by atoms with van der Waals surface area (Å²) in [4.78, 5) is 59.9. The topological polar surface area (TPSA) is 122 Å². The Bertz CT molecular complexity index is 1020. The molecule has 2 aliphatic rings. The predicted molar refractivity (Wildman–Crippen MR) is 179 cm³/mol. The van der Waals surface area contributed by atoms with E-state index >= 15 is 0 Å². The molecule has 2 rings (SSSR count). The highest BCUT2D eigenvalue weighted by Gasteiger charge is 2.40. The Kier molecular flexibility index (Phi) is 15.5. The maximum absolute atomic E-state index is 14.1. The molecule has 0 aromatic heterocycles. The minimum Gasteiger partial charge on any atom is -0.396 e. The van der Waals surface area contributed by atoms with Crippen LogP contribution in [0.15, 0.2) is 11.6 Å². The number of hydrogen-bond donors (Lipinski definition) is 3. The summed E-state index contributed by atoms with van der Waals surface area (Å²) in [5.74, 6) is -0.585. The van der Waals surface area contributed by atoms with Gasteiger partial charge in [-0.05, 0) is 77.2 Å². The summed E-state index contributed by atoms with van der Waals surface area (Å²) < 4.78 is 0. The smallest absolute Gasteiger partial charge is 0.249 e. The molecule has 0 aliphatic carbocycles. The van der Waals surface area contributed by atoms with Crippen LogP contribution in [0.1, 0.15) is 113 Å². The Morgan fingerprint density at radius 3 is 2.16 bits per heavy atom. The van der Waals surface area contributed by atoms with E-state index in [9.17, 15) is 19.2 Å². The zero-order valence-corrected chi connectivity index (χ0v) is 29.7. The first-order chi connectivity index (χ1) is 21.1. The van der Waals surface area contributed by atoms with Crippen LogP contribution in [0.4, 0.5) is 0 Å². The zero-order valence-electron chi connectivity index (χ0n) is 29.7. The number of nitrogens with zero attached hydrogens (tertiary/aromatic N) is 3. The van der Waals surface area contributed by atoms with Crippen molar-refractivity contribution in [3.8, 4) is 0 Å². The van der Waals surface area contributed by atoms with Gasteiger partial charge in [0.1, 0.15) is 12.1 Å². The summed E-state index contributed by atoms with van der Waals surface area (Å²) in [6.45, 7) is 18.0. The van der Waals surface area contributed by atoms with Crippen molar-refractivity contribution in [1.82, 2.24) is 25.3 Å². The first-order valence-electron chi connectivity index (χ1n) is 17.3. The van der Waals surface area contributed by atoms with Crippen LogP contribution in [-0.2, 0) is 19.2 Å². The quantitative estimate of drug-likeness (QED) is 0.186. The molecule has 4 amide bonds. The van der Waals surface area contributed by atoms with Gasteiger partial charge in [0.25, 0.3) is 0 Å². The van der Waals surface area contributed by atoms with Gasteiger partial charge in [-0.25, -0.2) is 0 Å². The number of piperidine rings is 1. The van der Waals surface area contributed by atoms with Crippen molar-refractivity contribution >= 4 is 23.6 Å². The number of likely N-dealkylation sites (N-methyl/N-ethyl adjacent to an activating group) is 1. The van der Waals surface area contributed by atoms with E-state index in [4.69, 9.17) is 5.11 Å². The van der Waals surface area contributed by atoms with Crippen molar-refractivity contribution < 1.29 is 24.3 Å². The molecule has 0 aromatic carbocycles. The van der Waals surface area contributed by atoms with Gasteiger partial charge in [0.05, 0.1) is 12.1 Å². The third kappa shape index (κ3) is 11.1. The second kappa shape index (κ2) is 18.0. The number of aliphatic hydroxyl groups excluding tert-OH is 1. The Balaban J connectivity index is 2.16. The monoisotopic (exact) mass is 633 g/mol. The molecule has 2 heterocycles. The van der Waals surface area contributed by atoms with Crippen LogP contribution in [0.5, 0.6) is 0 Å². The van der Waals surface area contributed by atoms with E-state index in [0.29, 0.717) is 25.1 Å². The second-order valence-electron chi connectivity index (χ2n) is 14.8. The van der Waals surface area contributed by atoms with E-state index in [0.717, 1.165) is 57.9 Å². The molecule has 0 bridgehead atoms. The van der Waals surface area contributed by atoms with Crippen LogP contribution in [0.25, 0.3) is 0 Å². The van der Waals surface area contributed by atoms with Crippen molar-refractivity contribution in [1.29, 1.82) is 0 Å². The maximum Gasteiger partial charge on any atom is 0.249 e. The van der Waals surface area contributed by atoms with E-state index in [2.05, 4.69) is 29.4 Å². The van der Waals surface area contributed by atoms with E-state index in [1.807, 2.05) is 40.7 Å². The Morgan fingerprint density at radius 1 is 0.911 bits per heavy atom. The van der Waals surface area contributed by atoms with E-state index < -0.39 is 17.5 Å². The normalized spacial score (nSPS) is 21.2. The molecule has 2 fully saturated rings. The highest BCUT2D eigenvalue weighted by Crippen LogP contribution is 2.27. The summed E-state index contributed by atoms with van der Waals surface area (Å²) in [6.07, 6.45) is 9.57. The number of rotatable bonds is 15. The summed E-state index contributed by atoms with van der Waals surface area (Å²) in [5.41, 5.74) is -0.0215. The van der Waals surface area contributed by atoms with Gasteiger partial charge in [-0.1, -0.05) is 60.0 Å². The second-order valence-corrected chi connectivity index (χ2v) is 14.8. The van der Waals surface area contributed by atoms with E-state index in [-0.39, 0.29) is 54.3 Å². The average Bonchev–Trinajstić information content (AvgIpc) is 3.48. The number of carbonyl (C=O) groups excluding carboxylic acids is 4. The summed E-state index contributed by atoms with van der Waals surface area (Å²) in [6, 6.07) is -1.61. The first kappa shape index (κ1) is 38.7. The van der Waals surface area contributed by atoms with Crippen LogP contribution in [0.2, 0.25) is 0 Å². The van der Waals surface area contributed by atoms with Crippen LogP contribution < -0.4 is 10.6 Å². The van der Waals surface area contributed by atoms with Gasteiger partial charge in [-0.15, -0.1) is 0 Å². The summed E-state index contributed by atoms with van der Waals surface area (Å²) in [7, 11) is 1.75. The number of hydrogen-bond acceptors (Lipinski definition) is 6. The fraction of sp³-hybridized carbons (Fsp3) is 0.829. The number of unbranched alkanes of at least 4 members (excludes halogenated alkanes) is 3. The molecule has 2 aliphatic heterocycles. The largest absolute Gasteiger partial charge is 0.396 e. The summed E-state index contributed by atoms with van der Waals surface area (Å²) >= 11 is 0. The number of nitrogens with one attached hydrogen (secondary N) is 2. The number of aliphatic hydroxyl groups is 1. The molecule has 10 nitrogen and oxygen atoms in total. The molecule has 3 N–H and O–H groups in total. The van der Waals surface area contributed by atoms with Crippen LogP contribution in [-0.4, -0.2) is 107 Å². The van der Waals surface area contributed by atoms with Gasteiger partial charge in [0.2, 0.25) is 23.6 Å². The number of amides is 4. The molecular formula is C35H63N5O5. The number of carbonyl (C=O) groups is 4. The number of likely N-dealkylation sites (tertiary alicyclic amines) is 2. The molecule has 45 heavy (non-hydrogen) atoms. The maximum atomic E-state index is 14.1. The fourth-order valence-corrected chi connectivity index (χ4v) is 6.60. The van der Waals surface area contributed by atoms with Crippen LogP contribution >= 0.6 is 0 Å². The van der Waals surface area contributed by atoms with Crippen molar-refractivity contribution in [2.45, 2.75) is 143 Å². The van der Waals surface area contributed by atoms with Gasteiger partial charge >= 0.3 is 0 Å².